The highest BCUT2D eigenvalue weighted by molar-refractivity contribution is 6.21. The number of nitrogens with zero attached hydrogens (tertiary/aromatic N) is 3. The van der Waals surface area contributed by atoms with Crippen molar-refractivity contribution in [3.8, 4) is 22.9 Å². The molecule has 0 bridgehead atoms. The molecule has 1 aliphatic rings. The standard InChI is InChI=1S/C28H26N4O4/c1-17(2)12-22(32-27(34)23-6-4-5-7-24(23)28(32)35)16-36-25-9-8-19(13-21(25)15-29)20-10-11-30-26(14-20)31-18(3)33/h4-11,13-14,17,22H,12,16H2,1-3H3,(H,30,31,33)/t22-/m0/s1. The van der Waals surface area contributed by atoms with Gasteiger partial charge in [0.1, 0.15) is 24.2 Å². The van der Waals surface area contributed by atoms with Crippen molar-refractivity contribution in [1.29, 1.82) is 5.26 Å². The van der Waals surface area contributed by atoms with Crippen molar-refractivity contribution in [1.82, 2.24) is 9.88 Å². The number of hydrogen-bond acceptors (Lipinski definition) is 6. The fourth-order valence-electron chi connectivity index (χ4n) is 4.30. The van der Waals surface area contributed by atoms with Crippen LogP contribution in [0.4, 0.5) is 5.82 Å². The fraction of sp³-hybridized carbons (Fsp3) is 0.250. The molecule has 2 aromatic carbocycles. The normalized spacial score (nSPS) is 13.4. The number of nitriles is 1. The van der Waals surface area contributed by atoms with E-state index in [1.54, 1.807) is 54.7 Å². The summed E-state index contributed by atoms with van der Waals surface area (Å²) in [5.41, 5.74) is 2.65. The molecule has 1 aromatic heterocycles. The van der Waals surface area contributed by atoms with Crippen LogP contribution in [-0.4, -0.2) is 40.3 Å². The van der Waals surface area contributed by atoms with Crippen molar-refractivity contribution >= 4 is 23.5 Å². The molecule has 0 unspecified atom stereocenters. The van der Waals surface area contributed by atoms with Gasteiger partial charge in [-0.15, -0.1) is 0 Å². The number of hydrogen-bond donors (Lipinski definition) is 1. The van der Waals surface area contributed by atoms with E-state index in [1.165, 1.54) is 11.8 Å². The van der Waals surface area contributed by atoms with Gasteiger partial charge in [-0.3, -0.25) is 19.3 Å². The summed E-state index contributed by atoms with van der Waals surface area (Å²) in [6.45, 7) is 5.51. The van der Waals surface area contributed by atoms with Crippen LogP contribution >= 0.6 is 0 Å². The first-order valence-corrected chi connectivity index (χ1v) is 11.7. The van der Waals surface area contributed by atoms with Crippen molar-refractivity contribution in [2.45, 2.75) is 33.2 Å². The molecule has 3 amide bonds. The minimum absolute atomic E-state index is 0.0691. The average molecular weight is 483 g/mol. The summed E-state index contributed by atoms with van der Waals surface area (Å²) in [4.78, 5) is 42.8. The molecule has 0 fully saturated rings. The summed E-state index contributed by atoms with van der Waals surface area (Å²) in [6.07, 6.45) is 2.14. The van der Waals surface area contributed by atoms with Crippen LogP contribution in [0.5, 0.6) is 5.75 Å². The number of imide groups is 1. The van der Waals surface area contributed by atoms with Gasteiger partial charge in [0, 0.05) is 13.1 Å². The number of anilines is 1. The van der Waals surface area contributed by atoms with Crippen LogP contribution in [0.25, 0.3) is 11.1 Å². The Bertz CT molecular complexity index is 1340. The summed E-state index contributed by atoms with van der Waals surface area (Å²) < 4.78 is 6.03. The minimum Gasteiger partial charge on any atom is -0.490 e. The molecule has 2 heterocycles. The van der Waals surface area contributed by atoms with Crippen LogP contribution in [0.15, 0.2) is 60.8 Å². The molecular formula is C28H26N4O4. The van der Waals surface area contributed by atoms with Crippen molar-refractivity contribution in [3.63, 3.8) is 0 Å². The van der Waals surface area contributed by atoms with Crippen LogP contribution in [0.3, 0.4) is 0 Å². The zero-order valence-electron chi connectivity index (χ0n) is 20.3. The van der Waals surface area contributed by atoms with E-state index in [9.17, 15) is 19.6 Å². The molecule has 36 heavy (non-hydrogen) atoms. The summed E-state index contributed by atoms with van der Waals surface area (Å²) >= 11 is 0. The lowest BCUT2D eigenvalue weighted by atomic mass is 10.0. The maximum atomic E-state index is 13.0. The van der Waals surface area contributed by atoms with E-state index in [0.29, 0.717) is 34.7 Å². The molecular weight excluding hydrogens is 456 g/mol. The Labute approximate surface area is 209 Å². The predicted octanol–water partition coefficient (Wildman–Crippen LogP) is 4.67. The van der Waals surface area contributed by atoms with Crippen LogP contribution in [0.2, 0.25) is 0 Å². The number of carbonyl (C=O) groups excluding carboxylic acids is 3. The Kier molecular flexibility index (Phi) is 7.11. The number of carbonyl (C=O) groups is 3. The van der Waals surface area contributed by atoms with E-state index in [1.807, 2.05) is 19.9 Å². The molecule has 1 aliphatic heterocycles. The van der Waals surface area contributed by atoms with Crippen molar-refractivity contribution in [2.24, 2.45) is 5.92 Å². The maximum Gasteiger partial charge on any atom is 0.261 e. The second-order valence-electron chi connectivity index (χ2n) is 9.05. The quantitative estimate of drug-likeness (QED) is 0.467. The molecule has 3 aromatic rings. The molecule has 182 valence electrons. The lowest BCUT2D eigenvalue weighted by Gasteiger charge is -2.28. The highest BCUT2D eigenvalue weighted by atomic mass is 16.5. The van der Waals surface area contributed by atoms with Gasteiger partial charge >= 0.3 is 0 Å². The van der Waals surface area contributed by atoms with Gasteiger partial charge in [0.2, 0.25) is 5.91 Å². The smallest absolute Gasteiger partial charge is 0.261 e. The molecule has 0 saturated heterocycles. The molecule has 0 aliphatic carbocycles. The topological polar surface area (TPSA) is 112 Å². The van der Waals surface area contributed by atoms with Crippen LogP contribution in [0, 0.1) is 17.2 Å². The molecule has 4 rings (SSSR count). The van der Waals surface area contributed by atoms with Gasteiger partial charge in [-0.1, -0.05) is 32.0 Å². The fourth-order valence-corrected chi connectivity index (χ4v) is 4.30. The Morgan fingerprint density at radius 1 is 1.06 bits per heavy atom. The molecule has 1 N–H and O–H groups in total. The highest BCUT2D eigenvalue weighted by Crippen LogP contribution is 2.30. The third-order valence-electron chi connectivity index (χ3n) is 5.86. The van der Waals surface area contributed by atoms with Gasteiger partial charge in [-0.25, -0.2) is 4.98 Å². The number of ether oxygens (including phenoxy) is 1. The van der Waals surface area contributed by atoms with E-state index in [4.69, 9.17) is 4.74 Å². The van der Waals surface area contributed by atoms with Gasteiger partial charge in [0.25, 0.3) is 11.8 Å². The summed E-state index contributed by atoms with van der Waals surface area (Å²) in [6, 6.07) is 17.2. The Hall–Kier alpha value is -4.51. The van der Waals surface area contributed by atoms with E-state index < -0.39 is 6.04 Å². The van der Waals surface area contributed by atoms with Gasteiger partial charge in [-0.05, 0) is 59.9 Å². The second kappa shape index (κ2) is 10.4. The first kappa shape index (κ1) is 24.6. The number of nitrogens with one attached hydrogen (secondary N) is 1. The number of benzene rings is 2. The third-order valence-corrected chi connectivity index (χ3v) is 5.86. The van der Waals surface area contributed by atoms with Crippen LogP contribution in [0.1, 0.15) is 53.5 Å². The van der Waals surface area contributed by atoms with Gasteiger partial charge in [-0.2, -0.15) is 5.26 Å². The largest absolute Gasteiger partial charge is 0.490 e. The SMILES string of the molecule is CC(=O)Nc1cc(-c2ccc(OC[C@H](CC(C)C)N3C(=O)c4ccccc4C3=O)c(C#N)c2)ccn1. The highest BCUT2D eigenvalue weighted by Gasteiger charge is 2.40. The average Bonchev–Trinajstić information content (AvgIpc) is 3.11. The monoisotopic (exact) mass is 482 g/mol. The summed E-state index contributed by atoms with van der Waals surface area (Å²) in [7, 11) is 0. The molecule has 8 nitrogen and oxygen atoms in total. The number of aromatic nitrogens is 1. The molecule has 1 atom stereocenters. The van der Waals surface area contributed by atoms with Crippen LogP contribution in [-0.2, 0) is 4.79 Å². The Balaban J connectivity index is 1.56. The van der Waals surface area contributed by atoms with E-state index in [-0.39, 0.29) is 30.2 Å². The predicted molar refractivity (Wildman–Crippen MR) is 134 cm³/mol. The van der Waals surface area contributed by atoms with E-state index >= 15 is 0 Å². The zero-order chi connectivity index (χ0) is 25.8. The first-order valence-electron chi connectivity index (χ1n) is 11.7. The van der Waals surface area contributed by atoms with Crippen molar-refractivity contribution in [2.75, 3.05) is 11.9 Å². The Morgan fingerprint density at radius 3 is 2.33 bits per heavy atom. The number of amides is 3. The maximum absolute atomic E-state index is 13.0. The number of fused-ring (bicyclic) bond motifs is 1. The first-order chi connectivity index (χ1) is 17.3. The third kappa shape index (κ3) is 5.10. The summed E-state index contributed by atoms with van der Waals surface area (Å²) in [5.74, 6) is 0.112. The molecule has 0 spiro atoms. The van der Waals surface area contributed by atoms with Gasteiger partial charge in [0.05, 0.1) is 22.7 Å². The van der Waals surface area contributed by atoms with E-state index in [0.717, 1.165) is 11.1 Å². The van der Waals surface area contributed by atoms with Gasteiger partial charge < -0.3 is 10.1 Å². The number of pyridine rings is 1. The lowest BCUT2D eigenvalue weighted by Crippen LogP contribution is -2.44. The second-order valence-corrected chi connectivity index (χ2v) is 9.05. The summed E-state index contributed by atoms with van der Waals surface area (Å²) in [5, 5.41) is 12.4. The molecule has 0 radical (unpaired) electrons. The van der Waals surface area contributed by atoms with Crippen molar-refractivity contribution in [3.05, 3.63) is 77.5 Å². The van der Waals surface area contributed by atoms with Crippen LogP contribution < -0.4 is 10.1 Å². The van der Waals surface area contributed by atoms with Gasteiger partial charge in [0.15, 0.2) is 0 Å². The lowest BCUT2D eigenvalue weighted by molar-refractivity contribution is -0.114. The molecule has 8 heteroatoms. The van der Waals surface area contributed by atoms with Crippen molar-refractivity contribution < 1.29 is 19.1 Å². The zero-order valence-corrected chi connectivity index (χ0v) is 20.3. The minimum atomic E-state index is -0.482. The molecule has 0 saturated carbocycles. The Morgan fingerprint density at radius 2 is 1.72 bits per heavy atom. The van der Waals surface area contributed by atoms with E-state index in [2.05, 4.69) is 16.4 Å². The number of rotatable bonds is 8.